The first kappa shape index (κ1) is 22.0. The van der Waals surface area contributed by atoms with Crippen LogP contribution in [0.5, 0.6) is 0 Å². The lowest BCUT2D eigenvalue weighted by molar-refractivity contribution is -0.134. The summed E-state index contributed by atoms with van der Waals surface area (Å²) in [6, 6.07) is 3.15. The van der Waals surface area contributed by atoms with Gasteiger partial charge in [0.1, 0.15) is 11.4 Å². The molecule has 1 aromatic heterocycles. The zero-order valence-corrected chi connectivity index (χ0v) is 18.8. The molecule has 1 N–H and O–H groups in total. The molecular formula is C22H28FN5O4. The number of hydrogen-bond acceptors (Lipinski definition) is 6. The highest BCUT2D eigenvalue weighted by atomic mass is 19.1. The minimum Gasteiger partial charge on any atom is -0.444 e. The molecule has 172 valence electrons. The first-order valence-electron chi connectivity index (χ1n) is 10.8. The van der Waals surface area contributed by atoms with Crippen molar-refractivity contribution in [1.29, 1.82) is 0 Å². The molecule has 10 heteroatoms. The number of amides is 3. The minimum atomic E-state index is -0.584. The molecule has 2 fully saturated rings. The molecule has 3 amide bonds. The van der Waals surface area contributed by atoms with Crippen molar-refractivity contribution in [2.45, 2.75) is 45.1 Å². The van der Waals surface area contributed by atoms with Crippen molar-refractivity contribution < 1.29 is 23.5 Å². The highest BCUT2D eigenvalue weighted by molar-refractivity contribution is 6.02. The van der Waals surface area contributed by atoms with Gasteiger partial charge in [0.2, 0.25) is 11.8 Å². The fourth-order valence-electron chi connectivity index (χ4n) is 4.20. The number of ether oxygens (including phenoxy) is 1. The third-order valence-electron chi connectivity index (χ3n) is 5.79. The molecule has 0 aliphatic carbocycles. The molecule has 1 unspecified atom stereocenters. The van der Waals surface area contributed by atoms with E-state index in [1.165, 1.54) is 6.07 Å². The lowest BCUT2D eigenvalue weighted by atomic mass is 9.92. The van der Waals surface area contributed by atoms with Crippen LogP contribution in [0, 0.1) is 5.82 Å². The molecule has 2 aliphatic heterocycles. The zero-order chi connectivity index (χ0) is 23.2. The number of benzene rings is 1. The topological polar surface area (TPSA) is 96.8 Å². The van der Waals surface area contributed by atoms with Crippen LogP contribution in [0.1, 0.15) is 45.2 Å². The Morgan fingerprint density at radius 2 is 1.88 bits per heavy atom. The van der Waals surface area contributed by atoms with Crippen molar-refractivity contribution in [2.24, 2.45) is 7.05 Å². The molecule has 1 aromatic carbocycles. The van der Waals surface area contributed by atoms with E-state index < -0.39 is 23.2 Å². The van der Waals surface area contributed by atoms with Crippen molar-refractivity contribution in [3.05, 3.63) is 23.6 Å². The van der Waals surface area contributed by atoms with Crippen LogP contribution >= 0.6 is 0 Å². The van der Waals surface area contributed by atoms with E-state index in [-0.39, 0.29) is 18.4 Å². The lowest BCUT2D eigenvalue weighted by Crippen LogP contribution is -2.50. The van der Waals surface area contributed by atoms with Crippen LogP contribution in [-0.2, 0) is 21.4 Å². The second-order valence-electron chi connectivity index (χ2n) is 9.29. The van der Waals surface area contributed by atoms with Crippen LogP contribution in [0.15, 0.2) is 12.1 Å². The Bertz CT molecular complexity index is 1080. The van der Waals surface area contributed by atoms with Gasteiger partial charge in [0.25, 0.3) is 0 Å². The molecule has 2 aromatic rings. The second kappa shape index (κ2) is 8.07. The summed E-state index contributed by atoms with van der Waals surface area (Å²) in [5.41, 5.74) is 1.05. The van der Waals surface area contributed by atoms with Crippen LogP contribution in [-0.4, -0.2) is 64.4 Å². The van der Waals surface area contributed by atoms with E-state index in [9.17, 15) is 14.4 Å². The molecule has 2 aliphatic rings. The molecule has 0 spiro atoms. The van der Waals surface area contributed by atoms with Crippen LogP contribution in [0.4, 0.5) is 14.9 Å². The Kier molecular flexibility index (Phi) is 5.56. The van der Waals surface area contributed by atoms with Crippen LogP contribution in [0.2, 0.25) is 0 Å². The summed E-state index contributed by atoms with van der Waals surface area (Å²) in [5, 5.41) is 7.38. The van der Waals surface area contributed by atoms with Crippen LogP contribution in [0.25, 0.3) is 10.9 Å². The maximum absolute atomic E-state index is 15.2. The summed E-state index contributed by atoms with van der Waals surface area (Å²) in [5.74, 6) is -1.70. The Hall–Kier alpha value is -3.17. The molecule has 9 nitrogen and oxygen atoms in total. The molecule has 2 saturated heterocycles. The zero-order valence-electron chi connectivity index (χ0n) is 18.8. The van der Waals surface area contributed by atoms with Crippen molar-refractivity contribution in [3.8, 4) is 0 Å². The summed E-state index contributed by atoms with van der Waals surface area (Å²) >= 11 is 0. The summed E-state index contributed by atoms with van der Waals surface area (Å²) in [6.07, 6.45) is 0.220. The maximum atomic E-state index is 15.2. The van der Waals surface area contributed by atoms with E-state index in [0.717, 1.165) is 0 Å². The van der Waals surface area contributed by atoms with E-state index in [4.69, 9.17) is 4.74 Å². The van der Waals surface area contributed by atoms with Crippen molar-refractivity contribution >= 4 is 34.5 Å². The summed E-state index contributed by atoms with van der Waals surface area (Å²) < 4.78 is 22.2. The van der Waals surface area contributed by atoms with E-state index in [0.29, 0.717) is 54.9 Å². The SMILES string of the molecule is Cn1nc(C2CCC(=O)NC2=O)c2cc(F)c(N3CCN(C(=O)OC(C)(C)C)CC3)cc21. The molecule has 32 heavy (non-hydrogen) atoms. The van der Waals surface area contributed by atoms with E-state index in [1.54, 1.807) is 22.7 Å². The van der Waals surface area contributed by atoms with E-state index in [1.807, 2.05) is 25.7 Å². The van der Waals surface area contributed by atoms with Gasteiger partial charge in [-0.1, -0.05) is 0 Å². The maximum Gasteiger partial charge on any atom is 0.410 e. The van der Waals surface area contributed by atoms with Gasteiger partial charge < -0.3 is 14.5 Å². The lowest BCUT2D eigenvalue weighted by Gasteiger charge is -2.36. The van der Waals surface area contributed by atoms with E-state index in [2.05, 4.69) is 10.4 Å². The van der Waals surface area contributed by atoms with Gasteiger partial charge in [-0.25, -0.2) is 9.18 Å². The predicted molar refractivity (Wildman–Crippen MR) is 116 cm³/mol. The third-order valence-corrected chi connectivity index (χ3v) is 5.79. The number of hydrogen-bond donors (Lipinski definition) is 1. The second-order valence-corrected chi connectivity index (χ2v) is 9.29. The van der Waals surface area contributed by atoms with Gasteiger partial charge in [-0.3, -0.25) is 19.6 Å². The normalized spacial score (nSPS) is 20.0. The minimum absolute atomic E-state index is 0.233. The largest absolute Gasteiger partial charge is 0.444 e. The number of fused-ring (bicyclic) bond motifs is 1. The number of nitrogens with zero attached hydrogens (tertiary/aromatic N) is 4. The summed E-state index contributed by atoms with van der Waals surface area (Å²) in [7, 11) is 1.75. The molecule has 0 radical (unpaired) electrons. The van der Waals surface area contributed by atoms with Gasteiger partial charge >= 0.3 is 6.09 Å². The third kappa shape index (κ3) is 4.26. The molecular weight excluding hydrogens is 417 g/mol. The number of imide groups is 1. The first-order chi connectivity index (χ1) is 15.0. The Morgan fingerprint density at radius 3 is 2.50 bits per heavy atom. The summed E-state index contributed by atoms with van der Waals surface area (Å²) in [4.78, 5) is 39.6. The molecule has 1 atom stereocenters. The first-order valence-corrected chi connectivity index (χ1v) is 10.8. The number of piperidine rings is 1. The number of aromatic nitrogens is 2. The van der Waals surface area contributed by atoms with Crippen LogP contribution in [0.3, 0.4) is 0 Å². The number of aryl methyl sites for hydroxylation is 1. The number of rotatable bonds is 2. The predicted octanol–water partition coefficient (Wildman–Crippen LogP) is 2.29. The van der Waals surface area contributed by atoms with Gasteiger partial charge in [-0.2, -0.15) is 5.10 Å². The Morgan fingerprint density at radius 1 is 1.19 bits per heavy atom. The highest BCUT2D eigenvalue weighted by Gasteiger charge is 2.33. The smallest absolute Gasteiger partial charge is 0.410 e. The van der Waals surface area contributed by atoms with E-state index >= 15 is 4.39 Å². The number of carbonyl (C=O) groups is 3. The number of anilines is 1. The Balaban J connectivity index is 1.55. The monoisotopic (exact) mass is 445 g/mol. The fourth-order valence-corrected chi connectivity index (χ4v) is 4.20. The average molecular weight is 445 g/mol. The van der Waals surface area contributed by atoms with Gasteiger partial charge in [-0.05, 0) is 39.3 Å². The quantitative estimate of drug-likeness (QED) is 0.713. The van der Waals surface area contributed by atoms with Gasteiger partial charge in [0.05, 0.1) is 22.8 Å². The molecule has 0 bridgehead atoms. The highest BCUT2D eigenvalue weighted by Crippen LogP contribution is 2.34. The van der Waals surface area contributed by atoms with Gasteiger partial charge in [0, 0.05) is 45.0 Å². The Labute approximate surface area is 185 Å². The average Bonchev–Trinajstić information content (AvgIpc) is 3.01. The molecule has 0 saturated carbocycles. The number of nitrogens with one attached hydrogen (secondary N) is 1. The van der Waals surface area contributed by atoms with Gasteiger partial charge in [0.15, 0.2) is 0 Å². The van der Waals surface area contributed by atoms with Crippen LogP contribution < -0.4 is 10.2 Å². The number of halogens is 1. The van der Waals surface area contributed by atoms with Crippen molar-refractivity contribution in [1.82, 2.24) is 20.0 Å². The van der Waals surface area contributed by atoms with Crippen molar-refractivity contribution in [2.75, 3.05) is 31.1 Å². The standard InChI is InChI=1S/C22H28FN5O4/c1-22(2,3)32-21(31)28-9-7-27(8-10-28)17-12-16-14(11-15(17)23)19(25-26(16)4)13-5-6-18(29)24-20(13)30/h11-13H,5-10H2,1-4H3,(H,24,29,30). The number of piperazine rings is 1. The molecule has 4 rings (SSSR count). The van der Waals surface area contributed by atoms with Crippen molar-refractivity contribution in [3.63, 3.8) is 0 Å². The number of carbonyl (C=O) groups excluding carboxylic acids is 3. The summed E-state index contributed by atoms with van der Waals surface area (Å²) in [6.45, 7) is 7.27. The molecule has 3 heterocycles. The van der Waals surface area contributed by atoms with Gasteiger partial charge in [-0.15, -0.1) is 0 Å². The fraction of sp³-hybridized carbons (Fsp3) is 0.545.